The van der Waals surface area contributed by atoms with Gasteiger partial charge in [0.25, 0.3) is 0 Å². The van der Waals surface area contributed by atoms with Crippen molar-refractivity contribution in [2.75, 3.05) is 30.3 Å². The van der Waals surface area contributed by atoms with Gasteiger partial charge in [-0.05, 0) is 75.8 Å². The average molecular weight is 492 g/mol. The summed E-state index contributed by atoms with van der Waals surface area (Å²) in [6, 6.07) is 9.71. The minimum absolute atomic E-state index is 0.0184. The van der Waals surface area contributed by atoms with E-state index in [0.29, 0.717) is 37.4 Å². The molecule has 9 heteroatoms. The first-order valence-corrected chi connectivity index (χ1v) is 12.5. The molecule has 0 saturated carbocycles. The Balaban J connectivity index is 1.17. The molecule has 1 aromatic carbocycles. The molecule has 1 fully saturated rings. The highest BCUT2D eigenvalue weighted by molar-refractivity contribution is 6.06. The van der Waals surface area contributed by atoms with Crippen molar-refractivity contribution in [1.82, 2.24) is 15.2 Å². The van der Waals surface area contributed by atoms with Crippen molar-refractivity contribution < 1.29 is 19.1 Å². The lowest BCUT2D eigenvalue weighted by atomic mass is 9.79. The van der Waals surface area contributed by atoms with E-state index >= 15 is 0 Å². The fraction of sp³-hybridized carbons (Fsp3) is 0.481. The number of rotatable bonds is 4. The van der Waals surface area contributed by atoms with E-state index in [-0.39, 0.29) is 30.5 Å². The van der Waals surface area contributed by atoms with Crippen molar-refractivity contribution in [2.45, 2.75) is 63.5 Å². The van der Waals surface area contributed by atoms with Crippen LogP contribution in [0.2, 0.25) is 0 Å². The van der Waals surface area contributed by atoms with E-state index < -0.39 is 11.0 Å². The van der Waals surface area contributed by atoms with Crippen molar-refractivity contribution in [3.63, 3.8) is 0 Å². The number of hydrogen-bond donors (Lipinski definition) is 3. The fourth-order valence-electron chi connectivity index (χ4n) is 5.42. The molecule has 0 bridgehead atoms. The summed E-state index contributed by atoms with van der Waals surface area (Å²) in [5.74, 6) is 0.475. The van der Waals surface area contributed by atoms with E-state index in [9.17, 15) is 14.4 Å². The summed E-state index contributed by atoms with van der Waals surface area (Å²) in [7, 11) is 0. The number of ether oxygens (including phenoxy) is 1. The lowest BCUT2D eigenvalue weighted by molar-refractivity contribution is -0.120. The second-order valence-corrected chi connectivity index (χ2v) is 11.0. The molecule has 0 unspecified atom stereocenters. The van der Waals surface area contributed by atoms with Gasteiger partial charge in [0.1, 0.15) is 11.4 Å². The van der Waals surface area contributed by atoms with Crippen molar-refractivity contribution in [3.05, 3.63) is 53.2 Å². The molecular weight excluding hydrogens is 458 g/mol. The number of nitrogens with one attached hydrogen (secondary N) is 3. The van der Waals surface area contributed by atoms with Gasteiger partial charge in [0, 0.05) is 36.6 Å². The maximum Gasteiger partial charge on any atom is 0.410 e. The maximum atomic E-state index is 12.9. The second-order valence-electron chi connectivity index (χ2n) is 11.0. The third-order valence-corrected chi connectivity index (χ3v) is 7.09. The molecule has 3 aliphatic rings. The van der Waals surface area contributed by atoms with Gasteiger partial charge in [-0.3, -0.25) is 9.59 Å². The summed E-state index contributed by atoms with van der Waals surface area (Å²) < 4.78 is 5.48. The topological polar surface area (TPSA) is 113 Å². The quantitative estimate of drug-likeness (QED) is 0.606. The maximum absolute atomic E-state index is 12.9. The number of piperidine rings is 1. The number of anilines is 2. The van der Waals surface area contributed by atoms with Crippen molar-refractivity contribution in [1.29, 1.82) is 0 Å². The van der Waals surface area contributed by atoms with Gasteiger partial charge < -0.3 is 25.6 Å². The number of benzene rings is 1. The summed E-state index contributed by atoms with van der Waals surface area (Å²) >= 11 is 0. The molecule has 36 heavy (non-hydrogen) atoms. The van der Waals surface area contributed by atoms with Crippen LogP contribution in [0.15, 0.2) is 36.5 Å². The molecule has 2 atom stereocenters. The lowest BCUT2D eigenvalue weighted by Gasteiger charge is -2.34. The molecule has 0 radical (unpaired) electrons. The number of amides is 3. The van der Waals surface area contributed by atoms with E-state index in [0.717, 1.165) is 29.5 Å². The van der Waals surface area contributed by atoms with Gasteiger partial charge in [-0.15, -0.1) is 0 Å². The molecule has 1 aromatic heterocycles. The Labute approximate surface area is 211 Å². The molecule has 190 valence electrons. The Bertz CT molecular complexity index is 1210. The highest BCUT2D eigenvalue weighted by atomic mass is 16.6. The normalized spacial score (nSPS) is 22.7. The molecule has 9 nitrogen and oxygen atoms in total. The van der Waals surface area contributed by atoms with Gasteiger partial charge in [-0.25, -0.2) is 9.78 Å². The van der Waals surface area contributed by atoms with Crippen LogP contribution in [0.1, 0.15) is 50.3 Å². The predicted octanol–water partition coefficient (Wildman–Crippen LogP) is 3.00. The first-order valence-electron chi connectivity index (χ1n) is 12.5. The van der Waals surface area contributed by atoms with Crippen LogP contribution in [0.5, 0.6) is 0 Å². The zero-order valence-corrected chi connectivity index (χ0v) is 21.0. The van der Waals surface area contributed by atoms with Crippen LogP contribution < -0.4 is 16.0 Å². The first kappa shape index (κ1) is 24.2. The Morgan fingerprint density at radius 1 is 1.22 bits per heavy atom. The molecule has 1 saturated heterocycles. The fourth-order valence-corrected chi connectivity index (χ4v) is 5.42. The monoisotopic (exact) mass is 491 g/mol. The number of pyridine rings is 1. The molecule has 3 heterocycles. The number of aromatic nitrogens is 1. The van der Waals surface area contributed by atoms with E-state index in [2.05, 4.69) is 20.9 Å². The minimum Gasteiger partial charge on any atom is -0.444 e. The van der Waals surface area contributed by atoms with Gasteiger partial charge in [0.15, 0.2) is 0 Å². The Morgan fingerprint density at radius 3 is 2.83 bits per heavy atom. The van der Waals surface area contributed by atoms with Crippen LogP contribution in [0.3, 0.4) is 0 Å². The molecule has 2 aromatic rings. The van der Waals surface area contributed by atoms with Gasteiger partial charge in [-0.2, -0.15) is 0 Å². The van der Waals surface area contributed by atoms with E-state index in [4.69, 9.17) is 4.74 Å². The van der Waals surface area contributed by atoms with Crippen LogP contribution in [-0.4, -0.2) is 59.1 Å². The predicted molar refractivity (Wildman–Crippen MR) is 136 cm³/mol. The van der Waals surface area contributed by atoms with Gasteiger partial charge in [0.05, 0.1) is 12.0 Å². The van der Waals surface area contributed by atoms with Crippen LogP contribution in [0, 0.1) is 0 Å². The largest absolute Gasteiger partial charge is 0.444 e. The van der Waals surface area contributed by atoms with Gasteiger partial charge >= 0.3 is 6.09 Å². The average Bonchev–Trinajstić information content (AvgIpc) is 3.34. The second kappa shape index (κ2) is 9.20. The zero-order valence-electron chi connectivity index (χ0n) is 21.0. The van der Waals surface area contributed by atoms with Crippen molar-refractivity contribution >= 4 is 29.4 Å². The summed E-state index contributed by atoms with van der Waals surface area (Å²) in [5, 5.41) is 9.16. The number of likely N-dealkylation sites (tertiary alicyclic amines) is 1. The molecule has 1 aliphatic carbocycles. The first-order chi connectivity index (χ1) is 17.1. The summed E-state index contributed by atoms with van der Waals surface area (Å²) in [6.45, 7) is 6.89. The van der Waals surface area contributed by atoms with E-state index in [1.54, 1.807) is 11.1 Å². The summed E-state index contributed by atoms with van der Waals surface area (Å²) in [5.41, 5.74) is 2.66. The lowest BCUT2D eigenvalue weighted by Crippen LogP contribution is -2.50. The molecule has 1 spiro atoms. The highest BCUT2D eigenvalue weighted by Crippen LogP contribution is 2.46. The van der Waals surface area contributed by atoms with Gasteiger partial charge in [-0.1, -0.05) is 12.1 Å². The van der Waals surface area contributed by atoms with Crippen LogP contribution in [-0.2, 0) is 32.6 Å². The zero-order chi connectivity index (χ0) is 25.5. The van der Waals surface area contributed by atoms with Crippen LogP contribution >= 0.6 is 0 Å². The highest BCUT2D eigenvalue weighted by Gasteiger charge is 2.51. The Morgan fingerprint density at radius 2 is 2.03 bits per heavy atom. The molecule has 2 aliphatic heterocycles. The molecule has 5 rings (SSSR count). The van der Waals surface area contributed by atoms with Crippen LogP contribution in [0.4, 0.5) is 16.3 Å². The Hall–Kier alpha value is -3.46. The smallest absolute Gasteiger partial charge is 0.410 e. The van der Waals surface area contributed by atoms with E-state index in [1.807, 2.05) is 51.1 Å². The van der Waals surface area contributed by atoms with Gasteiger partial charge in [0.2, 0.25) is 11.8 Å². The number of fused-ring (bicyclic) bond motifs is 3. The third kappa shape index (κ3) is 4.80. The summed E-state index contributed by atoms with van der Waals surface area (Å²) in [4.78, 5) is 44.0. The molecule has 3 amide bonds. The Kier molecular flexibility index (Phi) is 6.20. The number of carbonyl (C=O) groups is 3. The van der Waals surface area contributed by atoms with E-state index in [1.165, 1.54) is 0 Å². The number of nitrogens with zero attached hydrogens (tertiary/aromatic N) is 2. The SMILES string of the molecule is CC(C)(C)OC(=O)N1CCC[C@H](NCC(=O)Nc2ccc3c(c2)C[C@@]2(C3)C(=O)Nc3ncccc32)C1. The van der Waals surface area contributed by atoms with Crippen LogP contribution in [0.25, 0.3) is 0 Å². The molecule has 3 N–H and O–H groups in total. The third-order valence-electron chi connectivity index (χ3n) is 7.09. The minimum atomic E-state index is -0.628. The standard InChI is InChI=1S/C27H33N5O4/c1-26(2,3)36-25(35)32-11-5-6-20(16-32)29-15-22(33)30-19-9-8-17-13-27(14-18(17)12-19)21-7-4-10-28-23(21)31-24(27)34/h4,7-10,12,20,29H,5-6,11,13-16H2,1-3H3,(H,30,33)(H,28,31,34)/t20-,27+/m0/s1. The number of carbonyl (C=O) groups excluding carboxylic acids is 3. The number of hydrogen-bond acceptors (Lipinski definition) is 6. The molecular formula is C27H33N5O4. The summed E-state index contributed by atoms with van der Waals surface area (Å²) in [6.07, 6.45) is 4.33. The van der Waals surface area contributed by atoms with Crippen molar-refractivity contribution in [2.24, 2.45) is 0 Å². The van der Waals surface area contributed by atoms with Crippen molar-refractivity contribution in [3.8, 4) is 0 Å².